The third-order valence-corrected chi connectivity index (χ3v) is 5.17. The Balaban J connectivity index is 1.98. The minimum Gasteiger partial charge on any atom is -0.390 e. The molecule has 3 atom stereocenters. The molecule has 25 heavy (non-hydrogen) atoms. The van der Waals surface area contributed by atoms with E-state index in [2.05, 4.69) is 4.98 Å². The van der Waals surface area contributed by atoms with E-state index in [-0.39, 0.29) is 23.3 Å². The van der Waals surface area contributed by atoms with Crippen LogP contribution in [0.1, 0.15) is 37.4 Å². The monoisotopic (exact) mass is 355 g/mol. The highest BCUT2D eigenvalue weighted by atomic mass is 19.4. The Kier molecular flexibility index (Phi) is 4.64. The van der Waals surface area contributed by atoms with Gasteiger partial charge in [0.05, 0.1) is 17.8 Å². The van der Waals surface area contributed by atoms with Gasteiger partial charge in [0.15, 0.2) is 0 Å². The average molecular weight is 355 g/mol. The molecule has 0 aromatic carbocycles. The van der Waals surface area contributed by atoms with Gasteiger partial charge >= 0.3 is 6.18 Å². The predicted octanol–water partition coefficient (Wildman–Crippen LogP) is 2.73. The normalized spacial score (nSPS) is 30.3. The van der Waals surface area contributed by atoms with Gasteiger partial charge in [-0.05, 0) is 38.3 Å². The molecule has 8 heteroatoms. The van der Waals surface area contributed by atoms with Gasteiger partial charge in [-0.25, -0.2) is 4.98 Å². The molecule has 0 spiro atoms. The van der Waals surface area contributed by atoms with Crippen molar-refractivity contribution in [2.24, 2.45) is 5.92 Å². The van der Waals surface area contributed by atoms with E-state index in [1.165, 1.54) is 0 Å². The van der Waals surface area contributed by atoms with Crippen LogP contribution in [0.5, 0.6) is 0 Å². The van der Waals surface area contributed by atoms with Crippen molar-refractivity contribution in [1.82, 2.24) is 4.98 Å². The zero-order valence-electron chi connectivity index (χ0n) is 13.9. The molecule has 2 saturated heterocycles. The second-order valence-electron chi connectivity index (χ2n) is 6.87. The topological polar surface area (TPSA) is 69.4 Å². The molecule has 0 radical (unpaired) electrons. The first kappa shape index (κ1) is 18.0. The lowest BCUT2D eigenvalue weighted by Crippen LogP contribution is -2.53. The maximum atomic E-state index is 13.0. The number of aliphatic hydroxyl groups is 1. The zero-order valence-corrected chi connectivity index (χ0v) is 13.9. The van der Waals surface area contributed by atoms with E-state index in [9.17, 15) is 23.5 Å². The third kappa shape index (κ3) is 3.44. The highest BCUT2D eigenvalue weighted by Crippen LogP contribution is 2.39. The van der Waals surface area contributed by atoms with Crippen LogP contribution in [0.15, 0.2) is 12.1 Å². The molecule has 0 amide bonds. The summed E-state index contributed by atoms with van der Waals surface area (Å²) >= 11 is 0. The van der Waals surface area contributed by atoms with Gasteiger partial charge in [-0.2, -0.15) is 18.4 Å². The zero-order chi connectivity index (χ0) is 18.2. The summed E-state index contributed by atoms with van der Waals surface area (Å²) in [5, 5.41) is 20.0. The molecule has 2 aliphatic heterocycles. The van der Waals surface area contributed by atoms with Crippen LogP contribution in [-0.4, -0.2) is 41.5 Å². The molecule has 0 bridgehead atoms. The summed E-state index contributed by atoms with van der Waals surface area (Å²) in [4.78, 5) is 5.48. The summed E-state index contributed by atoms with van der Waals surface area (Å²) < 4.78 is 44.6. The molecule has 0 aliphatic carbocycles. The first-order valence-electron chi connectivity index (χ1n) is 8.29. The van der Waals surface area contributed by atoms with E-state index >= 15 is 0 Å². The van der Waals surface area contributed by atoms with Crippen LogP contribution in [0.2, 0.25) is 0 Å². The molecule has 2 fully saturated rings. The van der Waals surface area contributed by atoms with Gasteiger partial charge in [-0.15, -0.1) is 0 Å². The van der Waals surface area contributed by atoms with Crippen molar-refractivity contribution in [3.8, 4) is 6.07 Å². The van der Waals surface area contributed by atoms with Crippen LogP contribution in [0.3, 0.4) is 0 Å². The SMILES string of the molecule is C[C@]1(O)CCOC[C@@H]1[C@@H]1CCCN1c1nc(C(F)(F)F)ccc1C#N. The Bertz CT molecular complexity index is 685. The van der Waals surface area contributed by atoms with Gasteiger partial charge in [0.25, 0.3) is 0 Å². The number of pyridine rings is 1. The van der Waals surface area contributed by atoms with Crippen LogP contribution in [-0.2, 0) is 10.9 Å². The fourth-order valence-electron chi connectivity index (χ4n) is 3.77. The predicted molar refractivity (Wildman–Crippen MR) is 83.9 cm³/mol. The summed E-state index contributed by atoms with van der Waals surface area (Å²) in [5.41, 5.74) is -1.87. The maximum absolute atomic E-state index is 13.0. The van der Waals surface area contributed by atoms with Crippen LogP contribution < -0.4 is 4.90 Å². The number of halogens is 3. The fourth-order valence-corrected chi connectivity index (χ4v) is 3.77. The molecule has 3 heterocycles. The van der Waals surface area contributed by atoms with Crippen molar-refractivity contribution in [2.45, 2.75) is 44.0 Å². The van der Waals surface area contributed by atoms with Gasteiger partial charge in [0.2, 0.25) is 0 Å². The van der Waals surface area contributed by atoms with Crippen LogP contribution in [0.4, 0.5) is 19.0 Å². The molecule has 1 aromatic rings. The second kappa shape index (κ2) is 6.46. The molecule has 2 aliphatic rings. The van der Waals surface area contributed by atoms with E-state index in [4.69, 9.17) is 4.74 Å². The molecule has 0 unspecified atom stereocenters. The van der Waals surface area contributed by atoms with E-state index in [0.29, 0.717) is 32.6 Å². The molecule has 1 N–H and O–H groups in total. The minimum absolute atomic E-state index is 0.0428. The summed E-state index contributed by atoms with van der Waals surface area (Å²) in [6.07, 6.45) is -2.62. The summed E-state index contributed by atoms with van der Waals surface area (Å²) in [5.74, 6) is -0.201. The molecular formula is C17H20F3N3O2. The average Bonchev–Trinajstić information content (AvgIpc) is 3.02. The number of ether oxygens (including phenoxy) is 1. The molecule has 5 nitrogen and oxygen atoms in total. The highest BCUT2D eigenvalue weighted by Gasteiger charge is 2.45. The number of aromatic nitrogens is 1. The number of nitriles is 1. The summed E-state index contributed by atoms with van der Waals surface area (Å²) in [6.45, 7) is 3.04. The lowest BCUT2D eigenvalue weighted by atomic mass is 9.79. The van der Waals surface area contributed by atoms with Crippen molar-refractivity contribution < 1.29 is 23.0 Å². The van der Waals surface area contributed by atoms with Crippen LogP contribution >= 0.6 is 0 Å². The molecule has 3 rings (SSSR count). The van der Waals surface area contributed by atoms with E-state index < -0.39 is 17.5 Å². The Morgan fingerprint density at radius 2 is 2.20 bits per heavy atom. The van der Waals surface area contributed by atoms with Gasteiger partial charge < -0.3 is 14.7 Å². The van der Waals surface area contributed by atoms with Crippen molar-refractivity contribution in [3.05, 3.63) is 23.4 Å². The highest BCUT2D eigenvalue weighted by molar-refractivity contribution is 5.56. The first-order chi connectivity index (χ1) is 11.7. The molecular weight excluding hydrogens is 335 g/mol. The van der Waals surface area contributed by atoms with Crippen molar-refractivity contribution in [3.63, 3.8) is 0 Å². The summed E-state index contributed by atoms with van der Waals surface area (Å²) in [6, 6.07) is 3.71. The number of alkyl halides is 3. The Hall–Kier alpha value is -1.85. The van der Waals surface area contributed by atoms with E-state index in [1.54, 1.807) is 11.8 Å². The van der Waals surface area contributed by atoms with E-state index in [1.807, 2.05) is 6.07 Å². The van der Waals surface area contributed by atoms with E-state index in [0.717, 1.165) is 18.6 Å². The standard InChI is InChI=1S/C17H20F3N3O2/c1-16(24)6-8-25-10-12(16)13-3-2-7-23(13)15-11(9-21)4-5-14(22-15)17(18,19)20/h4-5,12-13,24H,2-3,6-8,10H2,1H3/t12-,13+,16+/m1/s1. The molecule has 1 aromatic heterocycles. The van der Waals surface area contributed by atoms with Crippen molar-refractivity contribution >= 4 is 5.82 Å². The molecule has 136 valence electrons. The number of hydrogen-bond acceptors (Lipinski definition) is 5. The Morgan fingerprint density at radius 3 is 2.84 bits per heavy atom. The van der Waals surface area contributed by atoms with Gasteiger partial charge in [0.1, 0.15) is 17.6 Å². The van der Waals surface area contributed by atoms with Gasteiger partial charge in [0, 0.05) is 25.1 Å². The maximum Gasteiger partial charge on any atom is 0.433 e. The van der Waals surface area contributed by atoms with Crippen molar-refractivity contribution in [2.75, 3.05) is 24.7 Å². The number of hydrogen-bond donors (Lipinski definition) is 1. The van der Waals surface area contributed by atoms with Crippen LogP contribution in [0.25, 0.3) is 0 Å². The largest absolute Gasteiger partial charge is 0.433 e. The van der Waals surface area contributed by atoms with Crippen LogP contribution in [0, 0.1) is 17.2 Å². The first-order valence-corrected chi connectivity index (χ1v) is 8.29. The van der Waals surface area contributed by atoms with Gasteiger partial charge in [-0.1, -0.05) is 0 Å². The summed E-state index contributed by atoms with van der Waals surface area (Å²) in [7, 11) is 0. The quantitative estimate of drug-likeness (QED) is 0.883. The number of anilines is 1. The minimum atomic E-state index is -4.57. The Labute approximate surface area is 144 Å². The lowest BCUT2D eigenvalue weighted by Gasteiger charge is -2.43. The van der Waals surface area contributed by atoms with Gasteiger partial charge in [-0.3, -0.25) is 0 Å². The molecule has 0 saturated carbocycles. The Morgan fingerprint density at radius 1 is 1.44 bits per heavy atom. The van der Waals surface area contributed by atoms with Crippen molar-refractivity contribution in [1.29, 1.82) is 5.26 Å². The second-order valence-corrected chi connectivity index (χ2v) is 6.87. The number of rotatable bonds is 2. The smallest absolute Gasteiger partial charge is 0.390 e. The number of nitrogens with zero attached hydrogens (tertiary/aromatic N) is 3. The lowest BCUT2D eigenvalue weighted by molar-refractivity contribution is -0.141. The fraction of sp³-hybridized carbons (Fsp3) is 0.647. The third-order valence-electron chi connectivity index (χ3n) is 5.17.